The van der Waals surface area contributed by atoms with E-state index in [1.165, 1.54) is 27.0 Å². The van der Waals surface area contributed by atoms with Gasteiger partial charge in [-0.3, -0.25) is 19.7 Å². The van der Waals surface area contributed by atoms with E-state index in [-0.39, 0.29) is 66.2 Å². The summed E-state index contributed by atoms with van der Waals surface area (Å²) in [6.07, 6.45) is -0.275. The Morgan fingerprint density at radius 2 is 1.62 bits per heavy atom. The lowest BCUT2D eigenvalue weighted by atomic mass is 10.0. The van der Waals surface area contributed by atoms with Crippen LogP contribution in [0.5, 0.6) is 11.5 Å². The van der Waals surface area contributed by atoms with E-state index in [0.717, 1.165) is 0 Å². The molecule has 0 radical (unpaired) electrons. The third kappa shape index (κ3) is 13.9. The average Bonchev–Trinajstić information content (AvgIpc) is 2.86. The molecule has 0 heterocycles. The van der Waals surface area contributed by atoms with Gasteiger partial charge < -0.3 is 38.8 Å². The first kappa shape index (κ1) is 35.0. The highest BCUT2D eigenvalue weighted by Gasteiger charge is 2.27. The summed E-state index contributed by atoms with van der Waals surface area (Å²) in [7, 11) is 1.41. The molecule has 1 unspecified atom stereocenters. The van der Waals surface area contributed by atoms with Gasteiger partial charge in [0.15, 0.2) is 11.5 Å². The van der Waals surface area contributed by atoms with E-state index in [1.807, 2.05) is 20.8 Å². The van der Waals surface area contributed by atoms with Gasteiger partial charge >= 0.3 is 5.97 Å². The Labute approximate surface area is 235 Å². The fourth-order valence-electron chi connectivity index (χ4n) is 3.52. The summed E-state index contributed by atoms with van der Waals surface area (Å²) in [5.41, 5.74) is -0.342. The van der Waals surface area contributed by atoms with Crippen molar-refractivity contribution in [1.29, 1.82) is 0 Å². The number of hydrogen-bond donors (Lipinski definition) is 2. The van der Waals surface area contributed by atoms with E-state index in [0.29, 0.717) is 46.0 Å². The van der Waals surface area contributed by atoms with Crippen LogP contribution < -0.4 is 14.8 Å². The van der Waals surface area contributed by atoms with Crippen molar-refractivity contribution >= 4 is 17.6 Å². The first-order valence-electron chi connectivity index (χ1n) is 13.3. The van der Waals surface area contributed by atoms with Gasteiger partial charge in [0, 0.05) is 13.0 Å². The van der Waals surface area contributed by atoms with Crippen LogP contribution in [0, 0.1) is 17.0 Å². The number of amides is 1. The number of ether oxygens (including phenoxy) is 6. The summed E-state index contributed by atoms with van der Waals surface area (Å²) in [5.74, 6) is 0.00883. The lowest BCUT2D eigenvalue weighted by Gasteiger charge is -2.19. The molecule has 0 aliphatic rings. The molecule has 1 aromatic carbocycles. The number of nitrogens with one attached hydrogen (secondary N) is 1. The Bertz CT molecular complexity index is 945. The molecule has 1 aromatic rings. The zero-order valence-electron chi connectivity index (χ0n) is 24.4. The maximum Gasteiger partial charge on any atom is 0.308 e. The Kier molecular flexibility index (Phi) is 16.1. The molecule has 0 fully saturated rings. The highest BCUT2D eigenvalue weighted by Crippen LogP contribution is 2.42. The van der Waals surface area contributed by atoms with Crippen molar-refractivity contribution in [1.82, 2.24) is 5.32 Å². The minimum Gasteiger partial charge on any atom is -0.493 e. The normalized spacial score (nSPS) is 12.1. The standard InChI is InChI=1S/C27H44N2O11/c1-19-25(29(33)34)21(20(2)30)18-22(35-6)26(19)39-11-7-8-23(31)28-10-13-37-15-17-38-16-14-36-12-9-24(32)40-27(3,4)5/h18,20,30H,7-17H2,1-6H3,(H,28,31). The van der Waals surface area contributed by atoms with Gasteiger partial charge in [-0.2, -0.15) is 0 Å². The second-order valence-corrected chi connectivity index (χ2v) is 9.88. The van der Waals surface area contributed by atoms with Gasteiger partial charge in [-0.05, 0) is 47.1 Å². The third-order valence-electron chi connectivity index (χ3n) is 5.31. The minimum atomic E-state index is -1.05. The van der Waals surface area contributed by atoms with Gasteiger partial charge in [0.1, 0.15) is 5.60 Å². The van der Waals surface area contributed by atoms with E-state index >= 15 is 0 Å². The van der Waals surface area contributed by atoms with Crippen LogP contribution >= 0.6 is 0 Å². The van der Waals surface area contributed by atoms with Gasteiger partial charge in [0.2, 0.25) is 5.91 Å². The van der Waals surface area contributed by atoms with Crippen LogP contribution in [0.4, 0.5) is 5.69 Å². The molecule has 0 saturated carbocycles. The van der Waals surface area contributed by atoms with Crippen molar-refractivity contribution in [3.05, 3.63) is 27.3 Å². The van der Waals surface area contributed by atoms with Crippen LogP contribution in [-0.2, 0) is 28.5 Å². The molecule has 13 heteroatoms. The van der Waals surface area contributed by atoms with Crippen molar-refractivity contribution in [3.63, 3.8) is 0 Å². The molecule has 0 aliphatic heterocycles. The number of nitro benzene ring substituents is 1. The molecular weight excluding hydrogens is 528 g/mol. The van der Waals surface area contributed by atoms with Crippen LogP contribution in [0.2, 0.25) is 0 Å². The number of benzene rings is 1. The summed E-state index contributed by atoms with van der Waals surface area (Å²) in [4.78, 5) is 34.6. The van der Waals surface area contributed by atoms with E-state index in [9.17, 15) is 24.8 Å². The molecule has 228 valence electrons. The van der Waals surface area contributed by atoms with Crippen molar-refractivity contribution in [2.75, 3.05) is 59.9 Å². The molecule has 2 N–H and O–H groups in total. The number of esters is 1. The summed E-state index contributed by atoms with van der Waals surface area (Å²) >= 11 is 0. The molecule has 0 saturated heterocycles. The minimum absolute atomic E-state index is 0.140. The number of nitrogens with zero attached hydrogens (tertiary/aromatic N) is 1. The Morgan fingerprint density at radius 1 is 1.02 bits per heavy atom. The predicted octanol–water partition coefficient (Wildman–Crippen LogP) is 3.02. The van der Waals surface area contributed by atoms with E-state index in [4.69, 9.17) is 28.4 Å². The molecule has 0 aromatic heterocycles. The first-order valence-corrected chi connectivity index (χ1v) is 13.3. The Morgan fingerprint density at radius 3 is 2.17 bits per heavy atom. The molecule has 1 atom stereocenters. The summed E-state index contributed by atoms with van der Waals surface area (Å²) in [5, 5.41) is 24.2. The van der Waals surface area contributed by atoms with Crippen molar-refractivity contribution < 1.29 is 48.0 Å². The molecule has 40 heavy (non-hydrogen) atoms. The topological polar surface area (TPSA) is 165 Å². The van der Waals surface area contributed by atoms with E-state index in [2.05, 4.69) is 5.32 Å². The second kappa shape index (κ2) is 18.4. The Balaban J connectivity index is 2.15. The fourth-order valence-corrected chi connectivity index (χ4v) is 3.52. The van der Waals surface area contributed by atoms with Crippen molar-refractivity contribution in [3.8, 4) is 11.5 Å². The maximum atomic E-state index is 12.0. The molecule has 1 amide bonds. The zero-order chi connectivity index (χ0) is 30.1. The summed E-state index contributed by atoms with van der Waals surface area (Å²) in [6.45, 7) is 11.0. The van der Waals surface area contributed by atoms with Crippen LogP contribution in [0.25, 0.3) is 0 Å². The van der Waals surface area contributed by atoms with Crippen LogP contribution in [0.3, 0.4) is 0 Å². The van der Waals surface area contributed by atoms with Gasteiger partial charge in [-0.1, -0.05) is 0 Å². The number of aliphatic hydroxyl groups is 1. The molecule has 0 aliphatic carbocycles. The zero-order valence-corrected chi connectivity index (χ0v) is 24.4. The molecule has 0 spiro atoms. The van der Waals surface area contributed by atoms with Crippen LogP contribution in [0.1, 0.15) is 64.2 Å². The smallest absolute Gasteiger partial charge is 0.308 e. The molecule has 1 rings (SSSR count). The molecular formula is C27H44N2O11. The quantitative estimate of drug-likeness (QED) is 0.102. The van der Waals surface area contributed by atoms with Crippen LogP contribution in [0.15, 0.2) is 6.07 Å². The second-order valence-electron chi connectivity index (χ2n) is 9.88. The average molecular weight is 573 g/mol. The predicted molar refractivity (Wildman–Crippen MR) is 146 cm³/mol. The molecule has 13 nitrogen and oxygen atoms in total. The highest BCUT2D eigenvalue weighted by atomic mass is 16.6. The number of nitro groups is 1. The van der Waals surface area contributed by atoms with Gasteiger partial charge in [-0.15, -0.1) is 0 Å². The number of carbonyl (C=O) groups excluding carboxylic acids is 2. The van der Waals surface area contributed by atoms with Crippen molar-refractivity contribution in [2.45, 2.75) is 65.6 Å². The summed E-state index contributed by atoms with van der Waals surface area (Å²) < 4.78 is 32.3. The number of methoxy groups -OCH3 is 1. The van der Waals surface area contributed by atoms with Gasteiger partial charge in [-0.25, -0.2) is 0 Å². The maximum absolute atomic E-state index is 12.0. The summed E-state index contributed by atoms with van der Waals surface area (Å²) in [6, 6.07) is 1.39. The number of rotatable bonds is 20. The lowest BCUT2D eigenvalue weighted by Crippen LogP contribution is -2.27. The SMILES string of the molecule is COc1cc(C(C)O)c([N+](=O)[O-])c(C)c1OCCCC(=O)NCCOCCOCCOCCC(=O)OC(C)(C)C. The van der Waals surface area contributed by atoms with Crippen molar-refractivity contribution in [2.24, 2.45) is 0 Å². The lowest BCUT2D eigenvalue weighted by molar-refractivity contribution is -0.386. The van der Waals surface area contributed by atoms with Gasteiger partial charge in [0.25, 0.3) is 5.69 Å². The highest BCUT2D eigenvalue weighted by molar-refractivity contribution is 5.75. The van der Waals surface area contributed by atoms with E-state index < -0.39 is 16.6 Å². The largest absolute Gasteiger partial charge is 0.493 e. The van der Waals surface area contributed by atoms with E-state index in [1.54, 1.807) is 0 Å². The number of hydrogen-bond acceptors (Lipinski definition) is 11. The number of carbonyl (C=O) groups is 2. The molecule has 0 bridgehead atoms. The fraction of sp³-hybridized carbons (Fsp3) is 0.704. The number of aliphatic hydroxyl groups excluding tert-OH is 1. The van der Waals surface area contributed by atoms with Crippen LogP contribution in [-0.4, -0.2) is 87.4 Å². The Hall–Kier alpha value is -3.00. The third-order valence-corrected chi connectivity index (χ3v) is 5.31. The van der Waals surface area contributed by atoms with Gasteiger partial charge in [0.05, 0.1) is 81.9 Å². The first-order chi connectivity index (χ1) is 18.9. The monoisotopic (exact) mass is 572 g/mol.